The molecular weight excluding hydrogens is 258 g/mol. The number of carbonyl (C=O) groups is 1. The fourth-order valence-corrected chi connectivity index (χ4v) is 5.33. The van der Waals surface area contributed by atoms with Gasteiger partial charge in [0.1, 0.15) is 0 Å². The van der Waals surface area contributed by atoms with Crippen molar-refractivity contribution in [2.24, 2.45) is 17.8 Å². The first-order valence-corrected chi connectivity index (χ1v) is 8.51. The van der Waals surface area contributed by atoms with Gasteiger partial charge >= 0.3 is 0 Å². The summed E-state index contributed by atoms with van der Waals surface area (Å²) in [6.07, 6.45) is 9.20. The largest absolute Gasteiger partial charge is 0.347 e. The number of rotatable bonds is 2. The number of fused-ring (bicyclic) bond motifs is 1. The van der Waals surface area contributed by atoms with E-state index >= 15 is 0 Å². The smallest absolute Gasteiger partial charge is 0.251 e. The lowest BCUT2D eigenvalue weighted by Crippen LogP contribution is -2.52. The average Bonchev–Trinajstić information content (AvgIpc) is 2.63. The second kappa shape index (κ2) is 4.86. The summed E-state index contributed by atoms with van der Waals surface area (Å²) in [6, 6.07) is 7.97. The van der Waals surface area contributed by atoms with E-state index in [4.69, 9.17) is 0 Å². The molecule has 1 N–H and O–H groups in total. The molecule has 4 bridgehead atoms. The first kappa shape index (κ1) is 13.4. The van der Waals surface area contributed by atoms with E-state index in [1.807, 2.05) is 24.3 Å². The van der Waals surface area contributed by atoms with E-state index in [2.05, 4.69) is 12.2 Å². The average molecular weight is 283 g/mol. The van der Waals surface area contributed by atoms with Crippen LogP contribution in [0.3, 0.4) is 0 Å². The number of aryl methyl sites for hydroxylation is 1. The summed E-state index contributed by atoms with van der Waals surface area (Å²) in [7, 11) is 0. The zero-order valence-corrected chi connectivity index (χ0v) is 12.9. The van der Waals surface area contributed by atoms with Gasteiger partial charge in [0.15, 0.2) is 0 Å². The fraction of sp³-hybridized carbons (Fsp3) is 0.632. The molecule has 2 heteroatoms. The second-order valence-electron chi connectivity index (χ2n) is 7.85. The number of hydrogen-bond donors (Lipinski definition) is 1. The molecule has 4 aliphatic carbocycles. The molecule has 0 heterocycles. The standard InChI is InChI=1S/C19H25NO/c1-13-2-4-17(5-3-13)18(21)20-19-7-6-14-8-15(11-19)10-16(9-14)12-19/h2-5,14-16H,6-12H2,1H3,(H,20,21)/t14?,15-,16+,19?. The van der Waals surface area contributed by atoms with E-state index < -0.39 is 0 Å². The highest BCUT2D eigenvalue weighted by Crippen LogP contribution is 2.53. The third-order valence-electron chi connectivity index (χ3n) is 6.08. The van der Waals surface area contributed by atoms with E-state index in [9.17, 15) is 4.79 Å². The highest BCUT2D eigenvalue weighted by molar-refractivity contribution is 5.94. The van der Waals surface area contributed by atoms with Crippen LogP contribution in [0.5, 0.6) is 0 Å². The fourth-order valence-electron chi connectivity index (χ4n) is 5.33. The Hall–Kier alpha value is -1.31. The van der Waals surface area contributed by atoms with Gasteiger partial charge in [-0.15, -0.1) is 0 Å². The molecule has 112 valence electrons. The van der Waals surface area contributed by atoms with Gasteiger partial charge in [-0.3, -0.25) is 4.79 Å². The molecule has 1 amide bonds. The highest BCUT2D eigenvalue weighted by Gasteiger charge is 2.48. The van der Waals surface area contributed by atoms with E-state index in [1.165, 1.54) is 50.5 Å². The minimum absolute atomic E-state index is 0.0980. The number of amides is 1. The van der Waals surface area contributed by atoms with Crippen LogP contribution >= 0.6 is 0 Å². The molecule has 4 saturated carbocycles. The first-order valence-electron chi connectivity index (χ1n) is 8.51. The molecule has 2 nitrogen and oxygen atoms in total. The van der Waals surface area contributed by atoms with Crippen LogP contribution in [0.4, 0.5) is 0 Å². The first-order chi connectivity index (χ1) is 10.1. The van der Waals surface area contributed by atoms with Crippen molar-refractivity contribution in [2.75, 3.05) is 0 Å². The third-order valence-corrected chi connectivity index (χ3v) is 6.08. The Morgan fingerprint density at radius 1 is 1.05 bits per heavy atom. The predicted octanol–water partition coefficient (Wildman–Crippen LogP) is 4.08. The normalized spacial score (nSPS) is 37.3. The van der Waals surface area contributed by atoms with Crippen LogP contribution in [0.1, 0.15) is 60.9 Å². The summed E-state index contributed by atoms with van der Waals surface area (Å²) >= 11 is 0. The van der Waals surface area contributed by atoms with Gasteiger partial charge in [0.05, 0.1) is 0 Å². The van der Waals surface area contributed by atoms with Crippen molar-refractivity contribution in [1.82, 2.24) is 5.32 Å². The Labute approximate surface area is 127 Å². The summed E-state index contributed by atoms with van der Waals surface area (Å²) < 4.78 is 0. The monoisotopic (exact) mass is 283 g/mol. The molecule has 4 aliphatic rings. The molecule has 0 radical (unpaired) electrons. The Kier molecular flexibility index (Phi) is 3.09. The van der Waals surface area contributed by atoms with Crippen molar-refractivity contribution in [3.63, 3.8) is 0 Å². The summed E-state index contributed by atoms with van der Waals surface area (Å²) in [4.78, 5) is 12.6. The van der Waals surface area contributed by atoms with Crippen molar-refractivity contribution < 1.29 is 4.79 Å². The van der Waals surface area contributed by atoms with Gasteiger partial charge in [-0.05, 0) is 81.8 Å². The maximum absolute atomic E-state index is 12.6. The van der Waals surface area contributed by atoms with E-state index in [0.717, 1.165) is 23.3 Å². The van der Waals surface area contributed by atoms with Crippen molar-refractivity contribution >= 4 is 5.91 Å². The summed E-state index contributed by atoms with van der Waals surface area (Å²) in [6.45, 7) is 2.06. The van der Waals surface area contributed by atoms with Crippen LogP contribution in [0.25, 0.3) is 0 Å². The summed E-state index contributed by atoms with van der Waals surface area (Å²) in [5, 5.41) is 3.46. The number of carbonyl (C=O) groups excluding carboxylic acids is 1. The molecule has 0 aromatic heterocycles. The maximum Gasteiger partial charge on any atom is 0.251 e. The molecule has 21 heavy (non-hydrogen) atoms. The van der Waals surface area contributed by atoms with Crippen molar-refractivity contribution in [3.8, 4) is 0 Å². The van der Waals surface area contributed by atoms with Crippen LogP contribution in [0.15, 0.2) is 24.3 Å². The SMILES string of the molecule is Cc1ccc(C(=O)NC23CCC4C[C@H](C[C@H](C4)C2)C3)cc1. The molecular formula is C19H25NO. The molecule has 4 fully saturated rings. The molecule has 5 rings (SSSR count). The molecule has 0 saturated heterocycles. The van der Waals surface area contributed by atoms with Crippen molar-refractivity contribution in [3.05, 3.63) is 35.4 Å². The van der Waals surface area contributed by atoms with E-state index in [0.29, 0.717) is 0 Å². The summed E-state index contributed by atoms with van der Waals surface area (Å²) in [5.41, 5.74) is 2.12. The third kappa shape index (κ3) is 2.49. The van der Waals surface area contributed by atoms with Crippen LogP contribution < -0.4 is 5.32 Å². The van der Waals surface area contributed by atoms with Gasteiger partial charge in [0, 0.05) is 11.1 Å². The molecule has 4 atom stereocenters. The Balaban J connectivity index is 1.55. The molecule has 1 aromatic carbocycles. The van der Waals surface area contributed by atoms with Crippen LogP contribution in [-0.2, 0) is 0 Å². The van der Waals surface area contributed by atoms with E-state index in [1.54, 1.807) is 0 Å². The van der Waals surface area contributed by atoms with Gasteiger partial charge in [0.25, 0.3) is 5.91 Å². The zero-order chi connectivity index (χ0) is 14.4. The molecule has 2 unspecified atom stereocenters. The van der Waals surface area contributed by atoms with Gasteiger partial charge in [0.2, 0.25) is 0 Å². The van der Waals surface area contributed by atoms with Gasteiger partial charge in [-0.25, -0.2) is 0 Å². The Bertz CT molecular complexity index is 533. The molecule has 0 spiro atoms. The quantitative estimate of drug-likeness (QED) is 0.870. The van der Waals surface area contributed by atoms with Gasteiger partial charge < -0.3 is 5.32 Å². The topological polar surface area (TPSA) is 29.1 Å². The Morgan fingerprint density at radius 2 is 1.67 bits per heavy atom. The zero-order valence-electron chi connectivity index (χ0n) is 12.9. The molecule has 1 aromatic rings. The van der Waals surface area contributed by atoms with Crippen molar-refractivity contribution in [2.45, 2.75) is 57.4 Å². The lowest BCUT2D eigenvalue weighted by atomic mass is 9.65. The van der Waals surface area contributed by atoms with Gasteiger partial charge in [-0.1, -0.05) is 17.7 Å². The highest BCUT2D eigenvalue weighted by atomic mass is 16.1. The number of hydrogen-bond acceptors (Lipinski definition) is 1. The van der Waals surface area contributed by atoms with E-state index in [-0.39, 0.29) is 11.4 Å². The van der Waals surface area contributed by atoms with Crippen LogP contribution in [0.2, 0.25) is 0 Å². The minimum Gasteiger partial charge on any atom is -0.347 e. The maximum atomic E-state index is 12.6. The molecule has 0 aliphatic heterocycles. The summed E-state index contributed by atoms with van der Waals surface area (Å²) in [5.74, 6) is 2.80. The predicted molar refractivity (Wildman–Crippen MR) is 84.2 cm³/mol. The number of benzene rings is 1. The van der Waals surface area contributed by atoms with Gasteiger partial charge in [-0.2, -0.15) is 0 Å². The van der Waals surface area contributed by atoms with Crippen LogP contribution in [0, 0.1) is 24.7 Å². The Morgan fingerprint density at radius 3 is 2.33 bits per heavy atom. The lowest BCUT2D eigenvalue weighted by Gasteiger charge is -2.45. The minimum atomic E-state index is 0.0980. The van der Waals surface area contributed by atoms with Crippen LogP contribution in [-0.4, -0.2) is 11.4 Å². The number of nitrogens with one attached hydrogen (secondary N) is 1. The van der Waals surface area contributed by atoms with Crippen molar-refractivity contribution in [1.29, 1.82) is 0 Å². The lowest BCUT2D eigenvalue weighted by molar-refractivity contribution is 0.0714. The second-order valence-corrected chi connectivity index (χ2v) is 7.85.